The van der Waals surface area contributed by atoms with Gasteiger partial charge in [0.05, 0.1) is 0 Å². The van der Waals surface area contributed by atoms with Crippen LogP contribution in [0.3, 0.4) is 0 Å². The third-order valence-electron chi connectivity index (χ3n) is 3.40. The highest BCUT2D eigenvalue weighted by Gasteiger charge is 2.13. The first-order valence-corrected chi connectivity index (χ1v) is 7.63. The number of nitrogens with one attached hydrogen (secondary N) is 1. The van der Waals surface area contributed by atoms with Crippen molar-refractivity contribution in [3.05, 3.63) is 64.7 Å². The Labute approximate surface area is 130 Å². The van der Waals surface area contributed by atoms with Crippen molar-refractivity contribution in [1.29, 1.82) is 0 Å². The lowest BCUT2D eigenvalue weighted by Gasteiger charge is -2.19. The molecule has 21 heavy (non-hydrogen) atoms. The Balaban J connectivity index is 2.08. The molecule has 1 N–H and O–H groups in total. The van der Waals surface area contributed by atoms with Gasteiger partial charge in [0.15, 0.2) is 0 Å². The summed E-state index contributed by atoms with van der Waals surface area (Å²) >= 11 is 5.80. The summed E-state index contributed by atoms with van der Waals surface area (Å²) in [7, 11) is 0. The number of rotatable bonds is 7. The molecule has 0 aliphatic carbocycles. The van der Waals surface area contributed by atoms with E-state index < -0.39 is 0 Å². The monoisotopic (exact) mass is 306 g/mol. The number of hydrogen-bond donors (Lipinski definition) is 1. The van der Waals surface area contributed by atoms with E-state index >= 15 is 0 Å². The highest BCUT2D eigenvalue weighted by Crippen LogP contribution is 2.17. The second kappa shape index (κ2) is 8.11. The van der Waals surface area contributed by atoms with Crippen LogP contribution in [0.15, 0.2) is 42.7 Å². The van der Waals surface area contributed by atoms with Gasteiger partial charge in [0.25, 0.3) is 0 Å². The molecule has 2 nitrogen and oxygen atoms in total. The van der Waals surface area contributed by atoms with Crippen LogP contribution in [0.4, 0.5) is 4.39 Å². The molecule has 0 fully saturated rings. The topological polar surface area (TPSA) is 24.9 Å². The van der Waals surface area contributed by atoms with E-state index in [4.69, 9.17) is 11.6 Å². The van der Waals surface area contributed by atoms with Crippen molar-refractivity contribution in [2.75, 3.05) is 6.54 Å². The van der Waals surface area contributed by atoms with Crippen LogP contribution in [0, 0.1) is 5.82 Å². The summed E-state index contributed by atoms with van der Waals surface area (Å²) in [6, 6.07) is 9.08. The molecule has 1 aromatic heterocycles. The van der Waals surface area contributed by atoms with Gasteiger partial charge in [-0.3, -0.25) is 4.98 Å². The number of benzene rings is 1. The molecule has 0 aliphatic rings. The molecule has 1 aromatic carbocycles. The van der Waals surface area contributed by atoms with Crippen LogP contribution in [0.1, 0.15) is 24.5 Å². The molecule has 1 unspecified atom stereocenters. The summed E-state index contributed by atoms with van der Waals surface area (Å²) in [5.74, 6) is -0.236. The maximum Gasteiger partial charge on any atom is 0.127 e. The van der Waals surface area contributed by atoms with E-state index in [9.17, 15) is 4.39 Å². The first-order chi connectivity index (χ1) is 10.2. The van der Waals surface area contributed by atoms with E-state index in [1.54, 1.807) is 24.5 Å². The average molecular weight is 307 g/mol. The fourth-order valence-electron chi connectivity index (χ4n) is 2.32. The van der Waals surface area contributed by atoms with Gasteiger partial charge >= 0.3 is 0 Å². The summed E-state index contributed by atoms with van der Waals surface area (Å²) in [5, 5.41) is 3.92. The van der Waals surface area contributed by atoms with Gasteiger partial charge in [0.2, 0.25) is 0 Å². The Bertz CT molecular complexity index is 560. The van der Waals surface area contributed by atoms with Crippen molar-refractivity contribution >= 4 is 11.6 Å². The molecule has 1 atom stereocenters. The third-order valence-corrected chi connectivity index (χ3v) is 3.63. The van der Waals surface area contributed by atoms with Crippen molar-refractivity contribution in [3.8, 4) is 0 Å². The van der Waals surface area contributed by atoms with Crippen molar-refractivity contribution in [2.24, 2.45) is 0 Å². The molecule has 0 saturated carbocycles. The molecule has 0 aliphatic heterocycles. The predicted octanol–water partition coefficient (Wildman–Crippen LogP) is 4.03. The minimum atomic E-state index is -0.236. The molecule has 4 heteroatoms. The van der Waals surface area contributed by atoms with Gasteiger partial charge in [-0.05, 0) is 61.2 Å². The summed E-state index contributed by atoms with van der Waals surface area (Å²) in [4.78, 5) is 4.03. The first-order valence-electron chi connectivity index (χ1n) is 7.25. The van der Waals surface area contributed by atoms with Gasteiger partial charge in [0, 0.05) is 23.5 Å². The lowest BCUT2D eigenvalue weighted by molar-refractivity contribution is 0.492. The molecule has 0 spiro atoms. The molecule has 0 saturated heterocycles. The van der Waals surface area contributed by atoms with Crippen LogP contribution in [0.5, 0.6) is 0 Å². The van der Waals surface area contributed by atoms with Gasteiger partial charge < -0.3 is 5.32 Å². The standard InChI is InChI=1S/C17H20ClFN2/c1-2-7-21-16(10-13-5-8-20-9-6-13)11-14-3-4-15(18)12-17(14)19/h3-6,8-9,12,16,21H,2,7,10-11H2,1H3. The number of pyridine rings is 1. The zero-order valence-corrected chi connectivity index (χ0v) is 12.9. The lowest BCUT2D eigenvalue weighted by atomic mass is 9.99. The summed E-state index contributed by atoms with van der Waals surface area (Å²) in [6.07, 6.45) is 6.12. The Morgan fingerprint density at radius 3 is 2.62 bits per heavy atom. The van der Waals surface area contributed by atoms with Gasteiger partial charge in [-0.1, -0.05) is 24.6 Å². The van der Waals surface area contributed by atoms with Gasteiger partial charge in [-0.15, -0.1) is 0 Å². The molecule has 1 heterocycles. The lowest BCUT2D eigenvalue weighted by Crippen LogP contribution is -2.34. The molecule has 112 valence electrons. The van der Waals surface area contributed by atoms with E-state index in [1.807, 2.05) is 12.1 Å². The largest absolute Gasteiger partial charge is 0.313 e. The number of hydrogen-bond acceptors (Lipinski definition) is 2. The smallest absolute Gasteiger partial charge is 0.127 e. The van der Waals surface area contributed by atoms with Gasteiger partial charge in [0.1, 0.15) is 5.82 Å². The molecular formula is C17H20ClFN2. The summed E-state index contributed by atoms with van der Waals surface area (Å²) < 4.78 is 13.9. The van der Waals surface area contributed by atoms with Crippen LogP contribution in [0.25, 0.3) is 0 Å². The number of aromatic nitrogens is 1. The van der Waals surface area contributed by atoms with Crippen molar-refractivity contribution in [2.45, 2.75) is 32.2 Å². The minimum Gasteiger partial charge on any atom is -0.313 e. The maximum atomic E-state index is 13.9. The number of nitrogens with zero attached hydrogens (tertiary/aromatic N) is 1. The van der Waals surface area contributed by atoms with Gasteiger partial charge in [-0.2, -0.15) is 0 Å². The fourth-order valence-corrected chi connectivity index (χ4v) is 2.48. The van der Waals surface area contributed by atoms with Crippen molar-refractivity contribution in [3.63, 3.8) is 0 Å². The maximum absolute atomic E-state index is 13.9. The molecular weight excluding hydrogens is 287 g/mol. The summed E-state index contributed by atoms with van der Waals surface area (Å²) in [6.45, 7) is 3.05. The highest BCUT2D eigenvalue weighted by molar-refractivity contribution is 6.30. The van der Waals surface area contributed by atoms with Crippen LogP contribution in [0.2, 0.25) is 5.02 Å². The highest BCUT2D eigenvalue weighted by atomic mass is 35.5. The molecule has 2 rings (SSSR count). The summed E-state index contributed by atoms with van der Waals surface area (Å²) in [5.41, 5.74) is 1.90. The Kier molecular flexibility index (Phi) is 6.15. The molecule has 0 amide bonds. The van der Waals surface area contributed by atoms with E-state index in [0.717, 1.165) is 19.4 Å². The first kappa shape index (κ1) is 15.9. The Morgan fingerprint density at radius 1 is 1.19 bits per heavy atom. The zero-order valence-electron chi connectivity index (χ0n) is 12.2. The predicted molar refractivity (Wildman–Crippen MR) is 85.1 cm³/mol. The molecule has 0 bridgehead atoms. The second-order valence-electron chi connectivity index (χ2n) is 5.15. The molecule has 2 aromatic rings. The minimum absolute atomic E-state index is 0.197. The average Bonchev–Trinajstić information content (AvgIpc) is 2.48. The fraction of sp³-hybridized carbons (Fsp3) is 0.353. The zero-order chi connectivity index (χ0) is 15.1. The third kappa shape index (κ3) is 5.10. The van der Waals surface area contributed by atoms with E-state index in [2.05, 4.69) is 17.2 Å². The molecule has 0 radical (unpaired) electrons. The van der Waals surface area contributed by atoms with Crippen molar-refractivity contribution < 1.29 is 4.39 Å². The quantitative estimate of drug-likeness (QED) is 0.835. The van der Waals surface area contributed by atoms with Crippen LogP contribution in [-0.4, -0.2) is 17.6 Å². The number of halogens is 2. The van der Waals surface area contributed by atoms with Crippen LogP contribution in [-0.2, 0) is 12.8 Å². The van der Waals surface area contributed by atoms with Crippen LogP contribution < -0.4 is 5.32 Å². The normalized spacial score (nSPS) is 12.3. The van der Waals surface area contributed by atoms with Gasteiger partial charge in [-0.25, -0.2) is 4.39 Å². The van der Waals surface area contributed by atoms with E-state index in [0.29, 0.717) is 17.0 Å². The SMILES string of the molecule is CCCNC(Cc1ccncc1)Cc1ccc(Cl)cc1F. The van der Waals surface area contributed by atoms with Crippen LogP contribution >= 0.6 is 11.6 Å². The van der Waals surface area contributed by atoms with E-state index in [1.165, 1.54) is 11.6 Å². The second-order valence-corrected chi connectivity index (χ2v) is 5.59. The Morgan fingerprint density at radius 2 is 1.95 bits per heavy atom. The van der Waals surface area contributed by atoms with E-state index in [-0.39, 0.29) is 11.9 Å². The van der Waals surface area contributed by atoms with Crippen molar-refractivity contribution in [1.82, 2.24) is 10.3 Å². The Hall–Kier alpha value is -1.45.